The molecule has 0 bridgehead atoms. The molecule has 0 saturated carbocycles. The van der Waals surface area contributed by atoms with Gasteiger partial charge in [0.05, 0.1) is 0 Å². The molecular weight excluding hydrogens is 298 g/mol. The molecule has 1 rings (SSSR count). The predicted octanol–water partition coefficient (Wildman–Crippen LogP) is -3.82. The standard InChI is InChI=1S/C8H8N2S4.2Na/c11-7(12)9-5-2-1-3-6(4-5)10-8(13)14;;/h1-4H,(H2,9,11,12)(H2,10,13,14);;/q;2*+1/p-2. The first-order valence-electron chi connectivity index (χ1n) is 3.64. The normalized spacial score (nSPS) is 8.00. The van der Waals surface area contributed by atoms with Crippen molar-refractivity contribution in [2.75, 3.05) is 10.6 Å². The van der Waals surface area contributed by atoms with Gasteiger partial charge in [0.25, 0.3) is 0 Å². The fraction of sp³-hybridized carbons (Fsp3) is 0. The van der Waals surface area contributed by atoms with Gasteiger partial charge in [-0.2, -0.15) is 0 Å². The Kier molecular flexibility index (Phi) is 12.8. The minimum atomic E-state index is 0. The van der Waals surface area contributed by atoms with Crippen molar-refractivity contribution < 1.29 is 59.1 Å². The van der Waals surface area contributed by atoms with E-state index in [4.69, 9.17) is 49.7 Å². The van der Waals surface area contributed by atoms with Gasteiger partial charge in [-0.05, 0) is 18.2 Å². The van der Waals surface area contributed by atoms with Crippen molar-refractivity contribution in [3.8, 4) is 0 Å². The second kappa shape index (κ2) is 10.4. The Hall–Kier alpha value is 1.44. The van der Waals surface area contributed by atoms with Crippen molar-refractivity contribution in [2.24, 2.45) is 0 Å². The molecule has 0 aliphatic carbocycles. The third-order valence-corrected chi connectivity index (χ3v) is 1.76. The molecule has 0 heterocycles. The molecule has 16 heavy (non-hydrogen) atoms. The van der Waals surface area contributed by atoms with Crippen LogP contribution in [0.2, 0.25) is 0 Å². The summed E-state index contributed by atoms with van der Waals surface area (Å²) in [5, 5.41) is 5.69. The number of benzene rings is 1. The molecule has 0 amide bonds. The fourth-order valence-electron chi connectivity index (χ4n) is 0.910. The average Bonchev–Trinajstić information content (AvgIpc) is 2.01. The first-order valence-corrected chi connectivity index (χ1v) is 5.27. The largest absolute Gasteiger partial charge is 1.00 e. The maximum absolute atomic E-state index is 4.75. The predicted molar refractivity (Wildman–Crippen MR) is 73.6 cm³/mol. The molecule has 0 unspecified atom stereocenters. The molecule has 0 atom stereocenters. The molecule has 0 spiro atoms. The summed E-state index contributed by atoms with van der Waals surface area (Å²) in [6.45, 7) is 0. The van der Waals surface area contributed by atoms with Gasteiger partial charge < -0.3 is 60.3 Å². The van der Waals surface area contributed by atoms with Gasteiger partial charge in [0.2, 0.25) is 0 Å². The molecular formula is C8H6N2Na2S4. The summed E-state index contributed by atoms with van der Waals surface area (Å²) in [6.07, 6.45) is 0. The van der Waals surface area contributed by atoms with Gasteiger partial charge in [-0.3, -0.25) is 0 Å². The Labute approximate surface area is 161 Å². The summed E-state index contributed by atoms with van der Waals surface area (Å²) in [4.78, 5) is 0. The average molecular weight is 304 g/mol. The van der Waals surface area contributed by atoms with Gasteiger partial charge in [0, 0.05) is 11.4 Å². The molecule has 0 radical (unpaired) electrons. The van der Waals surface area contributed by atoms with Crippen LogP contribution < -0.4 is 69.7 Å². The second-order valence-corrected chi connectivity index (χ2v) is 4.56. The van der Waals surface area contributed by atoms with Crippen LogP contribution in [0.4, 0.5) is 11.4 Å². The Balaban J connectivity index is 0. The Morgan fingerprint density at radius 3 is 1.62 bits per heavy atom. The van der Waals surface area contributed by atoms with Crippen LogP contribution in [0.15, 0.2) is 24.3 Å². The van der Waals surface area contributed by atoms with E-state index in [-0.39, 0.29) is 59.1 Å². The van der Waals surface area contributed by atoms with Crippen LogP contribution in [0.3, 0.4) is 0 Å². The molecule has 0 aliphatic heterocycles. The van der Waals surface area contributed by atoms with Gasteiger partial charge in [0.1, 0.15) is 0 Å². The van der Waals surface area contributed by atoms with E-state index in [2.05, 4.69) is 10.6 Å². The molecule has 1 aromatic rings. The van der Waals surface area contributed by atoms with Gasteiger partial charge in [-0.15, -0.1) is 0 Å². The van der Waals surface area contributed by atoms with Gasteiger partial charge in [0.15, 0.2) is 0 Å². The SMILES string of the molecule is S=C([S-])Nc1cccc(NC(=S)[S-])c1.[Na+].[Na+]. The van der Waals surface area contributed by atoms with Gasteiger partial charge in [-0.25, -0.2) is 0 Å². The van der Waals surface area contributed by atoms with Crippen molar-refractivity contribution in [1.82, 2.24) is 0 Å². The van der Waals surface area contributed by atoms with E-state index in [0.29, 0.717) is 8.64 Å². The number of rotatable bonds is 2. The topological polar surface area (TPSA) is 24.1 Å². The van der Waals surface area contributed by atoms with Crippen LogP contribution in [0, 0.1) is 0 Å². The van der Waals surface area contributed by atoms with Crippen LogP contribution in [0.1, 0.15) is 0 Å². The van der Waals surface area contributed by atoms with Crippen molar-refractivity contribution in [1.29, 1.82) is 0 Å². The van der Waals surface area contributed by atoms with Crippen LogP contribution in [-0.2, 0) is 25.3 Å². The Morgan fingerprint density at radius 2 is 1.31 bits per heavy atom. The zero-order valence-electron chi connectivity index (χ0n) is 8.94. The summed E-state index contributed by atoms with van der Waals surface area (Å²) in [6, 6.07) is 7.40. The summed E-state index contributed by atoms with van der Waals surface area (Å²) in [5.41, 5.74) is 1.64. The smallest absolute Gasteiger partial charge is 0.411 e. The minimum absolute atomic E-state index is 0. The third-order valence-electron chi connectivity index (χ3n) is 1.36. The number of thiocarbonyl (C=S) groups is 2. The quantitative estimate of drug-likeness (QED) is 0.330. The van der Waals surface area contributed by atoms with Crippen molar-refractivity contribution >= 4 is 69.7 Å². The second-order valence-electron chi connectivity index (χ2n) is 2.41. The van der Waals surface area contributed by atoms with Crippen molar-refractivity contribution in [3.63, 3.8) is 0 Å². The zero-order chi connectivity index (χ0) is 10.6. The van der Waals surface area contributed by atoms with E-state index in [1.54, 1.807) is 0 Å². The molecule has 1 aromatic carbocycles. The summed E-state index contributed by atoms with van der Waals surface area (Å²) >= 11 is 19.0. The zero-order valence-corrected chi connectivity index (χ0v) is 16.2. The molecule has 74 valence electrons. The van der Waals surface area contributed by atoms with E-state index in [1.807, 2.05) is 24.3 Å². The van der Waals surface area contributed by atoms with Crippen LogP contribution >= 0.6 is 24.4 Å². The summed E-state index contributed by atoms with van der Waals surface area (Å²) in [5.74, 6) is 0. The maximum atomic E-state index is 4.75. The molecule has 2 N–H and O–H groups in total. The van der Waals surface area contributed by atoms with Crippen LogP contribution in [0.5, 0.6) is 0 Å². The van der Waals surface area contributed by atoms with E-state index >= 15 is 0 Å². The van der Waals surface area contributed by atoms with Crippen molar-refractivity contribution in [2.45, 2.75) is 0 Å². The molecule has 8 heteroatoms. The fourth-order valence-corrected chi connectivity index (χ4v) is 1.38. The van der Waals surface area contributed by atoms with Crippen molar-refractivity contribution in [3.05, 3.63) is 24.3 Å². The monoisotopic (exact) mass is 304 g/mol. The van der Waals surface area contributed by atoms with E-state index in [0.717, 1.165) is 11.4 Å². The molecule has 2 nitrogen and oxygen atoms in total. The number of hydrogen-bond acceptors (Lipinski definition) is 4. The Bertz CT molecular complexity index is 342. The number of nitrogens with one attached hydrogen (secondary N) is 2. The van der Waals surface area contributed by atoms with Gasteiger partial charge in [-0.1, -0.05) is 14.7 Å². The molecule has 0 saturated heterocycles. The van der Waals surface area contributed by atoms with Crippen LogP contribution in [0.25, 0.3) is 0 Å². The Morgan fingerprint density at radius 1 is 0.938 bits per heavy atom. The van der Waals surface area contributed by atoms with E-state index in [9.17, 15) is 0 Å². The number of hydrogen-bond donors (Lipinski definition) is 2. The number of anilines is 2. The molecule has 0 fully saturated rings. The third kappa shape index (κ3) is 8.52. The summed E-state index contributed by atoms with van der Waals surface area (Å²) in [7, 11) is 0. The maximum Gasteiger partial charge on any atom is 1.00 e. The van der Waals surface area contributed by atoms with Crippen LogP contribution in [-0.4, -0.2) is 8.64 Å². The minimum Gasteiger partial charge on any atom is -0.411 e. The summed E-state index contributed by atoms with van der Waals surface area (Å²) < 4.78 is 0.617. The first-order chi connectivity index (χ1) is 6.58. The van der Waals surface area contributed by atoms with E-state index in [1.165, 1.54) is 0 Å². The first kappa shape index (κ1) is 19.8. The van der Waals surface area contributed by atoms with Gasteiger partial charge >= 0.3 is 59.1 Å². The molecule has 0 aliphatic rings. The van der Waals surface area contributed by atoms with E-state index < -0.39 is 0 Å². The molecule has 0 aromatic heterocycles.